The number of aryl methyl sites for hydroxylation is 1. The molecule has 0 unspecified atom stereocenters. The average molecular weight is 468 g/mol. The number of benzene rings is 1. The first kappa shape index (κ1) is 25.3. The fourth-order valence-electron chi connectivity index (χ4n) is 3.94. The number of hydrogen-bond donors (Lipinski definition) is 5. The summed E-state index contributed by atoms with van der Waals surface area (Å²) in [6, 6.07) is 13.6. The third kappa shape index (κ3) is 6.83. The maximum Gasteiger partial charge on any atom is 0.223 e. The Morgan fingerprint density at radius 2 is 1.82 bits per heavy atom. The first-order valence-electron chi connectivity index (χ1n) is 11.6. The van der Waals surface area contributed by atoms with E-state index in [9.17, 15) is 0 Å². The summed E-state index contributed by atoms with van der Waals surface area (Å²) in [5.41, 5.74) is 12.4. The van der Waals surface area contributed by atoms with Crippen molar-refractivity contribution in [3.8, 4) is 5.75 Å². The van der Waals surface area contributed by atoms with Gasteiger partial charge in [0.2, 0.25) is 5.96 Å². The monoisotopic (exact) mass is 467 g/mol. The highest BCUT2D eigenvalue weighted by atomic mass is 16.5. The van der Waals surface area contributed by atoms with Gasteiger partial charge in [-0.25, -0.2) is 27.5 Å². The molecule has 2 aromatic rings. The maximum atomic E-state index is 6.46. The largest absolute Gasteiger partial charge is 0.489 e. The van der Waals surface area contributed by atoms with E-state index >= 15 is 0 Å². The summed E-state index contributed by atoms with van der Waals surface area (Å²) >= 11 is 0. The van der Waals surface area contributed by atoms with E-state index in [0.29, 0.717) is 29.6 Å². The second kappa shape index (κ2) is 12.2. The number of aliphatic imine (C=N–C) groups is 1. The number of pyridine rings is 1. The molecule has 0 spiro atoms. The van der Waals surface area contributed by atoms with Crippen LogP contribution in [0.5, 0.6) is 5.75 Å². The Hall–Kier alpha value is -3.34. The van der Waals surface area contributed by atoms with Crippen LogP contribution in [0.3, 0.4) is 0 Å². The van der Waals surface area contributed by atoms with Crippen LogP contribution in [-0.2, 0) is 6.54 Å². The van der Waals surface area contributed by atoms with Gasteiger partial charge in [0.05, 0.1) is 42.0 Å². The summed E-state index contributed by atoms with van der Waals surface area (Å²) in [5, 5.41) is 2.86. The quantitative estimate of drug-likeness (QED) is 0.169. The second-order valence-electron chi connectivity index (χ2n) is 8.53. The molecule has 34 heavy (non-hydrogen) atoms. The number of nitrogens with zero attached hydrogens (tertiary/aromatic N) is 4. The van der Waals surface area contributed by atoms with E-state index in [1.54, 1.807) is 7.05 Å². The zero-order chi connectivity index (χ0) is 24.5. The highest BCUT2D eigenvalue weighted by molar-refractivity contribution is 5.79. The van der Waals surface area contributed by atoms with Gasteiger partial charge in [0.25, 0.3) is 0 Å². The van der Waals surface area contributed by atoms with Gasteiger partial charge in [0, 0.05) is 7.05 Å². The lowest BCUT2D eigenvalue weighted by Crippen LogP contribution is -2.48. The molecule has 3 rings (SSSR count). The summed E-state index contributed by atoms with van der Waals surface area (Å²) in [6.45, 7) is 2.51. The molecule has 1 saturated carbocycles. The van der Waals surface area contributed by atoms with E-state index < -0.39 is 0 Å². The van der Waals surface area contributed by atoms with Crippen molar-refractivity contribution in [1.82, 2.24) is 20.4 Å². The summed E-state index contributed by atoms with van der Waals surface area (Å²) in [4.78, 5) is 9.16. The molecule has 10 heteroatoms. The van der Waals surface area contributed by atoms with E-state index in [-0.39, 0.29) is 12.6 Å². The van der Waals surface area contributed by atoms with Crippen LogP contribution in [0.15, 0.2) is 53.2 Å². The number of nitrogens with one attached hydrogen (secondary N) is 1. The van der Waals surface area contributed by atoms with Crippen LogP contribution >= 0.6 is 0 Å². The molecule has 1 aliphatic carbocycles. The Kier molecular flexibility index (Phi) is 9.08. The standard InChI is InChI=1S/C24H37N9O/c1-17-22(34-19-11-7-4-8-12-19)14-13-20(30-17)23(25)21(32(2)27)15-29-24(31-26)33(28)16-18-9-5-3-6-10-18/h3,5-6,9-10,13-14,19H,4,7-8,11-12,15-16,25-28H2,1-2H3,(H,29,31)/b23-21-. The van der Waals surface area contributed by atoms with Gasteiger partial charge < -0.3 is 15.5 Å². The van der Waals surface area contributed by atoms with Crippen molar-refractivity contribution in [3.05, 3.63) is 65.1 Å². The number of hydrogen-bond acceptors (Lipinski definition) is 8. The normalized spacial score (nSPS) is 15.5. The van der Waals surface area contributed by atoms with Gasteiger partial charge in [-0.1, -0.05) is 36.8 Å². The van der Waals surface area contributed by atoms with E-state index in [0.717, 1.165) is 29.8 Å². The molecule has 1 fully saturated rings. The third-order valence-electron chi connectivity index (χ3n) is 5.87. The molecule has 0 bridgehead atoms. The summed E-state index contributed by atoms with van der Waals surface area (Å²) in [7, 11) is 1.70. The SMILES string of the molecule is Cc1nc(/C(N)=C(\CN=C(NN)N(N)Cc2ccccc2)N(C)N)ccc1OC1CCCCC1. The van der Waals surface area contributed by atoms with Gasteiger partial charge in [0.1, 0.15) is 5.75 Å². The van der Waals surface area contributed by atoms with E-state index in [4.69, 9.17) is 28.0 Å². The first-order chi connectivity index (χ1) is 16.4. The lowest BCUT2D eigenvalue weighted by Gasteiger charge is -2.24. The predicted octanol–water partition coefficient (Wildman–Crippen LogP) is 1.73. The van der Waals surface area contributed by atoms with Gasteiger partial charge in [-0.05, 0) is 50.3 Å². The Labute approximate surface area is 201 Å². The summed E-state index contributed by atoms with van der Waals surface area (Å²) < 4.78 is 6.18. The average Bonchev–Trinajstić information content (AvgIpc) is 2.84. The van der Waals surface area contributed by atoms with Crippen molar-refractivity contribution in [2.45, 2.75) is 51.7 Å². The van der Waals surface area contributed by atoms with Crippen LogP contribution in [0.2, 0.25) is 0 Å². The molecule has 0 atom stereocenters. The molecule has 1 aliphatic rings. The second-order valence-corrected chi connectivity index (χ2v) is 8.53. The van der Waals surface area contributed by atoms with Gasteiger partial charge in [-0.3, -0.25) is 10.4 Å². The Balaban J connectivity index is 1.75. The van der Waals surface area contributed by atoms with Crippen molar-refractivity contribution in [3.63, 3.8) is 0 Å². The Morgan fingerprint density at radius 3 is 2.44 bits per heavy atom. The highest BCUT2D eigenvalue weighted by Gasteiger charge is 2.18. The van der Waals surface area contributed by atoms with Crippen LogP contribution in [0, 0.1) is 6.92 Å². The number of guanidine groups is 1. The highest BCUT2D eigenvalue weighted by Crippen LogP contribution is 2.26. The van der Waals surface area contributed by atoms with Crippen molar-refractivity contribution in [2.24, 2.45) is 28.3 Å². The number of nitrogens with two attached hydrogens (primary N) is 4. The van der Waals surface area contributed by atoms with Crippen LogP contribution < -0.4 is 33.4 Å². The molecule has 0 aliphatic heterocycles. The summed E-state index contributed by atoms with van der Waals surface area (Å²) in [5.74, 6) is 19.0. The van der Waals surface area contributed by atoms with Gasteiger partial charge in [0.15, 0.2) is 0 Å². The van der Waals surface area contributed by atoms with Gasteiger partial charge in [-0.2, -0.15) is 0 Å². The molecular weight excluding hydrogens is 430 g/mol. The minimum Gasteiger partial charge on any atom is -0.489 e. The van der Waals surface area contributed by atoms with Crippen molar-refractivity contribution < 1.29 is 4.74 Å². The molecule has 1 aromatic carbocycles. The Bertz CT molecular complexity index is 985. The molecule has 0 saturated heterocycles. The molecule has 1 aromatic heterocycles. The third-order valence-corrected chi connectivity index (χ3v) is 5.87. The minimum absolute atomic E-state index is 0.155. The molecular formula is C24H37N9O. The lowest BCUT2D eigenvalue weighted by molar-refractivity contribution is 0.153. The fraction of sp³-hybridized carbons (Fsp3) is 0.417. The molecule has 0 amide bonds. The molecule has 0 radical (unpaired) electrons. The first-order valence-corrected chi connectivity index (χ1v) is 11.6. The van der Waals surface area contributed by atoms with Crippen LogP contribution in [0.1, 0.15) is 49.1 Å². The van der Waals surface area contributed by atoms with E-state index in [2.05, 4.69) is 15.4 Å². The summed E-state index contributed by atoms with van der Waals surface area (Å²) in [6.07, 6.45) is 6.13. The van der Waals surface area contributed by atoms with Crippen molar-refractivity contribution in [1.29, 1.82) is 0 Å². The molecule has 10 nitrogen and oxygen atoms in total. The van der Waals surface area contributed by atoms with Crippen LogP contribution in [0.25, 0.3) is 5.70 Å². The van der Waals surface area contributed by atoms with Gasteiger partial charge >= 0.3 is 0 Å². The number of hydrazine groups is 3. The van der Waals surface area contributed by atoms with Crippen molar-refractivity contribution >= 4 is 11.7 Å². The topological polar surface area (TPSA) is 157 Å². The zero-order valence-electron chi connectivity index (χ0n) is 20.1. The predicted molar refractivity (Wildman–Crippen MR) is 135 cm³/mol. The van der Waals surface area contributed by atoms with E-state index in [1.165, 1.54) is 29.3 Å². The zero-order valence-corrected chi connectivity index (χ0v) is 20.1. The smallest absolute Gasteiger partial charge is 0.223 e. The molecule has 9 N–H and O–H groups in total. The maximum absolute atomic E-state index is 6.46. The van der Waals surface area contributed by atoms with Crippen molar-refractivity contribution in [2.75, 3.05) is 13.6 Å². The number of likely N-dealkylation sites (N-methyl/N-ethyl adjacent to an activating group) is 1. The minimum atomic E-state index is 0.155. The van der Waals surface area contributed by atoms with E-state index in [1.807, 2.05) is 49.4 Å². The fourth-order valence-corrected chi connectivity index (χ4v) is 3.94. The Morgan fingerprint density at radius 1 is 1.12 bits per heavy atom. The molecule has 184 valence electrons. The lowest BCUT2D eigenvalue weighted by atomic mass is 9.98. The van der Waals surface area contributed by atoms with Crippen LogP contribution in [0.4, 0.5) is 0 Å². The number of rotatable bonds is 8. The van der Waals surface area contributed by atoms with Gasteiger partial charge in [-0.15, -0.1) is 0 Å². The number of aromatic nitrogens is 1. The number of ether oxygens (including phenoxy) is 1. The molecule has 1 heterocycles. The van der Waals surface area contributed by atoms with Crippen LogP contribution in [-0.4, -0.2) is 40.7 Å².